The molecule has 0 saturated carbocycles. The van der Waals surface area contributed by atoms with Crippen molar-refractivity contribution < 1.29 is 14.3 Å². The van der Waals surface area contributed by atoms with Crippen LogP contribution < -0.4 is 10.9 Å². The van der Waals surface area contributed by atoms with Crippen LogP contribution in [0.15, 0.2) is 59.7 Å². The Labute approximate surface area is 155 Å². The molecule has 3 rings (SSSR count). The molecule has 3 aromatic rings. The minimum Gasteiger partial charge on any atom is -0.451 e. The maximum Gasteiger partial charge on any atom is 0.326 e. The molecule has 0 bridgehead atoms. The highest BCUT2D eigenvalue weighted by Crippen LogP contribution is 2.10. The summed E-state index contributed by atoms with van der Waals surface area (Å²) in [5.41, 5.74) is 1.90. The van der Waals surface area contributed by atoms with Gasteiger partial charge >= 0.3 is 5.97 Å². The van der Waals surface area contributed by atoms with Crippen LogP contribution in [0.1, 0.15) is 12.5 Å². The van der Waals surface area contributed by atoms with Gasteiger partial charge in [-0.15, -0.1) is 0 Å². The zero-order valence-electron chi connectivity index (χ0n) is 15.0. The second-order valence-corrected chi connectivity index (χ2v) is 6.18. The van der Waals surface area contributed by atoms with E-state index in [1.807, 2.05) is 19.1 Å². The van der Waals surface area contributed by atoms with E-state index in [0.717, 1.165) is 10.1 Å². The largest absolute Gasteiger partial charge is 0.451 e. The number of hydrogen-bond acceptors (Lipinski definition) is 5. The number of para-hydroxylation sites is 1. The van der Waals surface area contributed by atoms with Gasteiger partial charge in [-0.2, -0.15) is 0 Å². The van der Waals surface area contributed by atoms with Crippen molar-refractivity contribution in [3.8, 4) is 0 Å². The van der Waals surface area contributed by atoms with E-state index < -0.39 is 18.0 Å². The molecule has 0 unspecified atom stereocenters. The summed E-state index contributed by atoms with van der Waals surface area (Å²) in [6.07, 6.45) is 0.297. The number of hydrogen-bond donors (Lipinski definition) is 1. The Morgan fingerprint density at radius 2 is 1.85 bits per heavy atom. The number of nitrogens with one attached hydrogen (secondary N) is 1. The van der Waals surface area contributed by atoms with Gasteiger partial charge in [-0.3, -0.25) is 19.0 Å². The molecule has 1 aromatic heterocycles. The van der Waals surface area contributed by atoms with Crippen LogP contribution in [0.5, 0.6) is 0 Å². The number of anilines is 1. The van der Waals surface area contributed by atoms with Crippen molar-refractivity contribution in [2.24, 2.45) is 0 Å². The number of aromatic nitrogens is 2. The molecule has 27 heavy (non-hydrogen) atoms. The minimum absolute atomic E-state index is 0.321. The van der Waals surface area contributed by atoms with Crippen LogP contribution >= 0.6 is 0 Å². The first-order valence-electron chi connectivity index (χ1n) is 8.45. The van der Waals surface area contributed by atoms with E-state index in [9.17, 15) is 14.4 Å². The molecule has 0 aliphatic carbocycles. The predicted octanol–water partition coefficient (Wildman–Crippen LogP) is 2.28. The molecule has 1 atom stereocenters. The predicted molar refractivity (Wildman–Crippen MR) is 101 cm³/mol. The number of carbonyl (C=O) groups excluding carboxylic acids is 2. The molecule has 0 radical (unpaired) electrons. The lowest BCUT2D eigenvalue weighted by Crippen LogP contribution is -2.33. The van der Waals surface area contributed by atoms with Gasteiger partial charge in [0.15, 0.2) is 6.10 Å². The fourth-order valence-corrected chi connectivity index (χ4v) is 2.53. The number of carbonyl (C=O) groups is 2. The number of benzene rings is 2. The van der Waals surface area contributed by atoms with Crippen LogP contribution in [0.2, 0.25) is 0 Å². The zero-order chi connectivity index (χ0) is 19.4. The lowest BCUT2D eigenvalue weighted by atomic mass is 10.2. The molecule has 1 heterocycles. The smallest absolute Gasteiger partial charge is 0.326 e. The van der Waals surface area contributed by atoms with Crippen molar-refractivity contribution in [3.63, 3.8) is 0 Å². The number of aryl methyl sites for hydroxylation is 1. The van der Waals surface area contributed by atoms with Gasteiger partial charge in [-0.05, 0) is 38.1 Å². The fraction of sp³-hybridized carbons (Fsp3) is 0.200. The minimum atomic E-state index is -0.997. The maximum atomic E-state index is 12.4. The lowest BCUT2D eigenvalue weighted by molar-refractivity contribution is -0.153. The number of amides is 1. The highest BCUT2D eigenvalue weighted by molar-refractivity contribution is 5.95. The highest BCUT2D eigenvalue weighted by atomic mass is 16.5. The Balaban J connectivity index is 1.63. The topological polar surface area (TPSA) is 90.3 Å². The van der Waals surface area contributed by atoms with Crippen LogP contribution in [0.4, 0.5) is 5.69 Å². The van der Waals surface area contributed by atoms with Gasteiger partial charge in [-0.25, -0.2) is 4.98 Å². The van der Waals surface area contributed by atoms with Gasteiger partial charge < -0.3 is 10.1 Å². The second-order valence-electron chi connectivity index (χ2n) is 6.18. The van der Waals surface area contributed by atoms with E-state index in [0.29, 0.717) is 16.6 Å². The van der Waals surface area contributed by atoms with E-state index >= 15 is 0 Å². The molecule has 7 nitrogen and oxygen atoms in total. The molecule has 138 valence electrons. The van der Waals surface area contributed by atoms with E-state index in [4.69, 9.17) is 4.74 Å². The third-order valence-electron chi connectivity index (χ3n) is 4.03. The van der Waals surface area contributed by atoms with E-state index in [1.165, 1.54) is 13.3 Å². The summed E-state index contributed by atoms with van der Waals surface area (Å²) in [4.78, 5) is 40.8. The average molecular weight is 365 g/mol. The number of nitrogens with zero attached hydrogens (tertiary/aromatic N) is 2. The van der Waals surface area contributed by atoms with Gasteiger partial charge in [0.2, 0.25) is 0 Å². The van der Waals surface area contributed by atoms with Crippen LogP contribution in [-0.2, 0) is 20.9 Å². The molecule has 0 aliphatic heterocycles. The van der Waals surface area contributed by atoms with Gasteiger partial charge in [0.05, 0.1) is 17.2 Å². The Morgan fingerprint density at radius 3 is 2.59 bits per heavy atom. The van der Waals surface area contributed by atoms with Crippen molar-refractivity contribution in [2.75, 3.05) is 5.32 Å². The van der Waals surface area contributed by atoms with Crippen LogP contribution in [0.3, 0.4) is 0 Å². The molecule has 0 aliphatic rings. The van der Waals surface area contributed by atoms with Crippen molar-refractivity contribution in [1.29, 1.82) is 0 Å². The first kappa shape index (κ1) is 18.3. The van der Waals surface area contributed by atoms with Crippen molar-refractivity contribution >= 4 is 28.5 Å². The van der Waals surface area contributed by atoms with Gasteiger partial charge in [0.25, 0.3) is 11.5 Å². The summed E-state index contributed by atoms with van der Waals surface area (Å²) >= 11 is 0. The van der Waals surface area contributed by atoms with E-state index in [1.54, 1.807) is 36.4 Å². The standard InChI is InChI=1S/C20H19N3O4/c1-13-7-9-15(10-8-13)22-19(25)14(2)27-18(24)11-23-12-21-17-6-4-3-5-16(17)20(23)26/h3-10,12,14H,11H2,1-2H3,(H,22,25)/t14-/m0/s1. The van der Waals surface area contributed by atoms with Crippen LogP contribution in [0.25, 0.3) is 10.9 Å². The number of fused-ring (bicyclic) bond motifs is 1. The third kappa shape index (κ3) is 4.38. The normalized spacial score (nSPS) is 11.8. The first-order chi connectivity index (χ1) is 12.9. The highest BCUT2D eigenvalue weighted by Gasteiger charge is 2.19. The summed E-state index contributed by atoms with van der Waals surface area (Å²) in [5, 5.41) is 3.09. The molecule has 2 aromatic carbocycles. The number of rotatable bonds is 5. The van der Waals surface area contributed by atoms with Crippen LogP contribution in [-0.4, -0.2) is 27.5 Å². The van der Waals surface area contributed by atoms with Crippen LogP contribution in [0, 0.1) is 6.92 Å². The maximum absolute atomic E-state index is 12.4. The number of ether oxygens (including phenoxy) is 1. The van der Waals surface area contributed by atoms with Gasteiger partial charge in [0, 0.05) is 5.69 Å². The Morgan fingerprint density at radius 1 is 1.15 bits per heavy atom. The molecular formula is C20H19N3O4. The second kappa shape index (κ2) is 7.82. The summed E-state index contributed by atoms with van der Waals surface area (Å²) in [7, 11) is 0. The Bertz CT molecular complexity index is 1040. The van der Waals surface area contributed by atoms with Crippen molar-refractivity contribution in [3.05, 3.63) is 70.8 Å². The van der Waals surface area contributed by atoms with E-state index in [-0.39, 0.29) is 12.1 Å². The Kier molecular flexibility index (Phi) is 5.30. The van der Waals surface area contributed by atoms with Gasteiger partial charge in [0.1, 0.15) is 6.54 Å². The molecule has 1 amide bonds. The monoisotopic (exact) mass is 365 g/mol. The summed E-state index contributed by atoms with van der Waals surface area (Å²) in [6.45, 7) is 3.10. The summed E-state index contributed by atoms with van der Waals surface area (Å²) < 4.78 is 6.30. The average Bonchev–Trinajstić information content (AvgIpc) is 2.66. The molecule has 0 spiro atoms. The molecule has 0 fully saturated rings. The van der Waals surface area contributed by atoms with Crippen molar-refractivity contribution in [1.82, 2.24) is 9.55 Å². The summed E-state index contributed by atoms with van der Waals surface area (Å²) in [6, 6.07) is 14.1. The first-order valence-corrected chi connectivity index (χ1v) is 8.45. The van der Waals surface area contributed by atoms with Gasteiger partial charge in [-0.1, -0.05) is 29.8 Å². The lowest BCUT2D eigenvalue weighted by Gasteiger charge is -2.14. The van der Waals surface area contributed by atoms with Crippen molar-refractivity contribution in [2.45, 2.75) is 26.5 Å². The molecule has 7 heteroatoms. The van der Waals surface area contributed by atoms with E-state index in [2.05, 4.69) is 10.3 Å². The number of esters is 1. The molecular weight excluding hydrogens is 346 g/mol. The fourth-order valence-electron chi connectivity index (χ4n) is 2.53. The third-order valence-corrected chi connectivity index (χ3v) is 4.03. The molecule has 1 N–H and O–H groups in total. The zero-order valence-corrected chi connectivity index (χ0v) is 15.0. The quantitative estimate of drug-likeness (QED) is 0.701. The molecule has 0 saturated heterocycles. The summed E-state index contributed by atoms with van der Waals surface area (Å²) in [5.74, 6) is -1.14. The SMILES string of the molecule is Cc1ccc(NC(=O)[C@H](C)OC(=O)Cn2cnc3ccccc3c2=O)cc1. The Hall–Kier alpha value is -3.48.